The van der Waals surface area contributed by atoms with Crippen LogP contribution in [-0.2, 0) is 11.8 Å². The topological polar surface area (TPSA) is 59.8 Å². The molecule has 3 aromatic rings. The molecule has 1 heterocycles. The molecule has 1 aromatic heterocycles. The molecule has 0 aliphatic heterocycles. The van der Waals surface area contributed by atoms with Gasteiger partial charge in [-0.15, -0.1) is 10.2 Å². The van der Waals surface area contributed by atoms with Crippen LogP contribution in [0.5, 0.6) is 0 Å². The van der Waals surface area contributed by atoms with Crippen molar-refractivity contribution in [2.45, 2.75) is 5.16 Å². The number of aromatic nitrogens is 3. The molecule has 0 unspecified atom stereocenters. The van der Waals surface area contributed by atoms with Crippen LogP contribution in [0.4, 0.5) is 5.69 Å². The van der Waals surface area contributed by atoms with E-state index in [2.05, 4.69) is 31.4 Å². The van der Waals surface area contributed by atoms with E-state index in [0.717, 1.165) is 21.5 Å². The third kappa shape index (κ3) is 4.62. The van der Waals surface area contributed by atoms with E-state index in [4.69, 9.17) is 11.6 Å². The first kappa shape index (κ1) is 18.0. The van der Waals surface area contributed by atoms with Gasteiger partial charge in [0.25, 0.3) is 0 Å². The van der Waals surface area contributed by atoms with Crippen LogP contribution in [0, 0.1) is 0 Å². The van der Waals surface area contributed by atoms with E-state index in [-0.39, 0.29) is 11.7 Å². The van der Waals surface area contributed by atoms with Gasteiger partial charge >= 0.3 is 0 Å². The molecule has 0 bridgehead atoms. The second-order valence-electron chi connectivity index (χ2n) is 5.22. The van der Waals surface area contributed by atoms with Gasteiger partial charge in [-0.05, 0) is 42.5 Å². The largest absolute Gasteiger partial charge is 0.325 e. The molecule has 0 atom stereocenters. The minimum Gasteiger partial charge on any atom is -0.325 e. The smallest absolute Gasteiger partial charge is 0.234 e. The first-order valence-electron chi connectivity index (χ1n) is 7.36. The van der Waals surface area contributed by atoms with Crippen molar-refractivity contribution in [2.24, 2.45) is 7.05 Å². The lowest BCUT2D eigenvalue weighted by molar-refractivity contribution is -0.113. The number of hydrogen-bond acceptors (Lipinski definition) is 4. The second-order valence-corrected chi connectivity index (χ2v) is 7.51. The number of nitrogens with zero attached hydrogens (tertiary/aromatic N) is 3. The molecule has 0 saturated carbocycles. The number of nitrogens with one attached hydrogen (secondary N) is 1. The zero-order valence-corrected chi connectivity index (χ0v) is 16.4. The molecular weight excluding hydrogens is 424 g/mol. The summed E-state index contributed by atoms with van der Waals surface area (Å²) in [5, 5.41) is 12.6. The fraction of sp³-hybridized carbons (Fsp3) is 0.118. The number of hydrogen-bond donors (Lipinski definition) is 1. The maximum atomic E-state index is 12.1. The van der Waals surface area contributed by atoms with Crippen molar-refractivity contribution in [3.05, 3.63) is 58.0 Å². The van der Waals surface area contributed by atoms with E-state index >= 15 is 0 Å². The van der Waals surface area contributed by atoms with Crippen molar-refractivity contribution in [1.82, 2.24) is 14.8 Å². The molecule has 1 amide bonds. The van der Waals surface area contributed by atoms with Crippen LogP contribution >= 0.6 is 39.3 Å². The SMILES string of the molecule is Cn1c(SCC(=O)Nc2cccc(Br)c2)nnc1-c1ccc(Cl)cc1. The van der Waals surface area contributed by atoms with Crippen molar-refractivity contribution < 1.29 is 4.79 Å². The van der Waals surface area contributed by atoms with E-state index in [0.29, 0.717) is 10.2 Å². The maximum absolute atomic E-state index is 12.1. The van der Waals surface area contributed by atoms with Gasteiger partial charge in [-0.3, -0.25) is 4.79 Å². The second kappa shape index (κ2) is 8.03. The van der Waals surface area contributed by atoms with Gasteiger partial charge in [0.2, 0.25) is 5.91 Å². The van der Waals surface area contributed by atoms with Crippen LogP contribution in [0.15, 0.2) is 58.2 Å². The van der Waals surface area contributed by atoms with Crippen molar-refractivity contribution >= 4 is 50.9 Å². The maximum Gasteiger partial charge on any atom is 0.234 e. The molecule has 128 valence electrons. The summed E-state index contributed by atoms with van der Waals surface area (Å²) in [4.78, 5) is 12.1. The Bertz CT molecular complexity index is 898. The molecule has 25 heavy (non-hydrogen) atoms. The van der Waals surface area contributed by atoms with Crippen molar-refractivity contribution in [1.29, 1.82) is 0 Å². The number of benzene rings is 2. The molecule has 0 aliphatic carbocycles. The lowest BCUT2D eigenvalue weighted by atomic mass is 10.2. The quantitative estimate of drug-likeness (QED) is 0.591. The molecule has 0 saturated heterocycles. The van der Waals surface area contributed by atoms with E-state index in [1.807, 2.05) is 60.1 Å². The number of rotatable bonds is 5. The molecule has 0 aliphatic rings. The van der Waals surface area contributed by atoms with Gasteiger partial charge < -0.3 is 9.88 Å². The average Bonchev–Trinajstić information content (AvgIpc) is 2.94. The third-order valence-electron chi connectivity index (χ3n) is 3.38. The Kier molecular flexibility index (Phi) is 5.78. The molecule has 3 rings (SSSR count). The number of carbonyl (C=O) groups is 1. The molecular formula is C17H14BrClN4OS. The summed E-state index contributed by atoms with van der Waals surface area (Å²) in [6.45, 7) is 0. The first-order chi connectivity index (χ1) is 12.0. The number of amides is 1. The molecule has 8 heteroatoms. The van der Waals surface area contributed by atoms with E-state index in [9.17, 15) is 4.79 Å². The van der Waals surface area contributed by atoms with Gasteiger partial charge in [0.1, 0.15) is 0 Å². The Morgan fingerprint density at radius 3 is 2.72 bits per heavy atom. The van der Waals surface area contributed by atoms with Gasteiger partial charge in [0, 0.05) is 27.8 Å². The highest BCUT2D eigenvalue weighted by molar-refractivity contribution is 9.10. The van der Waals surface area contributed by atoms with E-state index < -0.39 is 0 Å². The minimum atomic E-state index is -0.0980. The summed E-state index contributed by atoms with van der Waals surface area (Å²) in [6.07, 6.45) is 0. The van der Waals surface area contributed by atoms with Crippen LogP contribution in [-0.4, -0.2) is 26.4 Å². The number of carbonyl (C=O) groups excluding carboxylic acids is 1. The zero-order chi connectivity index (χ0) is 17.8. The summed E-state index contributed by atoms with van der Waals surface area (Å²) >= 11 is 10.6. The lowest BCUT2D eigenvalue weighted by Crippen LogP contribution is -2.14. The fourth-order valence-corrected chi connectivity index (χ4v) is 3.42. The normalized spacial score (nSPS) is 10.7. The number of thioether (sulfide) groups is 1. The molecule has 1 N–H and O–H groups in total. The van der Waals surface area contributed by atoms with Crippen molar-refractivity contribution in [2.75, 3.05) is 11.1 Å². The Labute approximate surface area is 162 Å². The Morgan fingerprint density at radius 1 is 1.24 bits per heavy atom. The van der Waals surface area contributed by atoms with Crippen molar-refractivity contribution in [3.8, 4) is 11.4 Å². The molecule has 2 aromatic carbocycles. The molecule has 0 fully saturated rings. The van der Waals surface area contributed by atoms with Gasteiger partial charge in [0.15, 0.2) is 11.0 Å². The molecule has 0 spiro atoms. The summed E-state index contributed by atoms with van der Waals surface area (Å²) in [5.74, 6) is 0.879. The van der Waals surface area contributed by atoms with Gasteiger partial charge in [-0.1, -0.05) is 45.4 Å². The summed E-state index contributed by atoms with van der Waals surface area (Å²) in [7, 11) is 1.87. The molecule has 5 nitrogen and oxygen atoms in total. The van der Waals surface area contributed by atoms with Crippen LogP contribution < -0.4 is 5.32 Å². The predicted octanol–water partition coefficient (Wildman–Crippen LogP) is 4.63. The number of halogens is 2. The summed E-state index contributed by atoms with van der Waals surface area (Å²) in [5.41, 5.74) is 1.67. The highest BCUT2D eigenvalue weighted by atomic mass is 79.9. The highest BCUT2D eigenvalue weighted by Crippen LogP contribution is 2.24. The average molecular weight is 438 g/mol. The fourth-order valence-electron chi connectivity index (χ4n) is 2.18. The summed E-state index contributed by atoms with van der Waals surface area (Å²) < 4.78 is 2.78. The zero-order valence-electron chi connectivity index (χ0n) is 13.2. The Balaban J connectivity index is 1.64. The van der Waals surface area contributed by atoms with E-state index in [1.54, 1.807) is 0 Å². The Morgan fingerprint density at radius 2 is 2.00 bits per heavy atom. The van der Waals surface area contributed by atoms with Crippen molar-refractivity contribution in [3.63, 3.8) is 0 Å². The Hall–Kier alpha value is -1.83. The van der Waals surface area contributed by atoms with Gasteiger partial charge in [0.05, 0.1) is 5.75 Å². The van der Waals surface area contributed by atoms with Crippen LogP contribution in [0.25, 0.3) is 11.4 Å². The molecule has 0 radical (unpaired) electrons. The summed E-state index contributed by atoms with van der Waals surface area (Å²) in [6, 6.07) is 14.9. The monoisotopic (exact) mass is 436 g/mol. The first-order valence-corrected chi connectivity index (χ1v) is 9.52. The lowest BCUT2D eigenvalue weighted by Gasteiger charge is -2.06. The van der Waals surface area contributed by atoms with Gasteiger partial charge in [-0.25, -0.2) is 0 Å². The minimum absolute atomic E-state index is 0.0980. The van der Waals surface area contributed by atoms with Crippen LogP contribution in [0.3, 0.4) is 0 Å². The van der Waals surface area contributed by atoms with Gasteiger partial charge in [-0.2, -0.15) is 0 Å². The predicted molar refractivity (Wildman–Crippen MR) is 105 cm³/mol. The standard InChI is InChI=1S/C17H14BrClN4OS/c1-23-16(11-5-7-13(19)8-6-11)21-22-17(23)25-10-15(24)20-14-4-2-3-12(18)9-14/h2-9H,10H2,1H3,(H,20,24). The number of anilines is 1. The van der Waals surface area contributed by atoms with Crippen LogP contribution in [0.1, 0.15) is 0 Å². The highest BCUT2D eigenvalue weighted by Gasteiger charge is 2.13. The van der Waals surface area contributed by atoms with Crippen LogP contribution in [0.2, 0.25) is 5.02 Å². The van der Waals surface area contributed by atoms with E-state index in [1.165, 1.54) is 11.8 Å². The third-order valence-corrected chi connectivity index (χ3v) is 5.14.